The summed E-state index contributed by atoms with van der Waals surface area (Å²) in [7, 11) is 1.57. The van der Waals surface area contributed by atoms with Gasteiger partial charge in [-0.2, -0.15) is 5.26 Å². The van der Waals surface area contributed by atoms with Crippen molar-refractivity contribution in [3.63, 3.8) is 0 Å². The summed E-state index contributed by atoms with van der Waals surface area (Å²) in [4.78, 5) is 16.8. The summed E-state index contributed by atoms with van der Waals surface area (Å²) in [6.45, 7) is 4.07. The lowest BCUT2D eigenvalue weighted by Gasteiger charge is -2.13. The second kappa shape index (κ2) is 8.86. The zero-order valence-electron chi connectivity index (χ0n) is 15.3. The lowest BCUT2D eigenvalue weighted by atomic mass is 10.1. The van der Waals surface area contributed by atoms with Crippen LogP contribution in [0.2, 0.25) is 0 Å². The van der Waals surface area contributed by atoms with Crippen LogP contribution in [0.3, 0.4) is 0 Å². The number of nitriles is 1. The topological polar surface area (TPSA) is 87.6 Å². The van der Waals surface area contributed by atoms with Gasteiger partial charge in [-0.05, 0) is 31.0 Å². The zero-order valence-corrected chi connectivity index (χ0v) is 15.3. The minimum atomic E-state index is -0.461. The van der Waals surface area contributed by atoms with Crippen LogP contribution >= 0.6 is 0 Å². The molecule has 0 saturated carbocycles. The first kappa shape index (κ1) is 19.3. The number of hydrogen-bond donors (Lipinski definition) is 1. The number of unbranched alkanes of at least 4 members (excludes halogenated alkanes) is 2. The van der Waals surface area contributed by atoms with Crippen LogP contribution in [0.1, 0.15) is 42.9 Å². The van der Waals surface area contributed by atoms with Gasteiger partial charge in [0.15, 0.2) is 0 Å². The molecule has 6 heteroatoms. The molecule has 136 valence electrons. The highest BCUT2D eigenvalue weighted by molar-refractivity contribution is 5.87. The Morgan fingerprint density at radius 1 is 1.38 bits per heavy atom. The Labute approximate surface area is 153 Å². The van der Waals surface area contributed by atoms with Crippen LogP contribution in [0, 0.1) is 18.3 Å². The normalized spacial score (nSPS) is 10.8. The van der Waals surface area contributed by atoms with Gasteiger partial charge in [0.25, 0.3) is 5.56 Å². The molecule has 0 spiro atoms. The molecule has 0 atom stereocenters. The lowest BCUT2D eigenvalue weighted by Crippen LogP contribution is -2.25. The molecule has 2 aromatic rings. The highest BCUT2D eigenvalue weighted by atomic mass is 16.5. The molecule has 0 amide bonds. The average molecular weight is 353 g/mol. The average Bonchev–Trinajstić information content (AvgIpc) is 2.65. The van der Waals surface area contributed by atoms with Crippen molar-refractivity contribution < 1.29 is 9.84 Å². The Kier molecular flexibility index (Phi) is 6.56. The van der Waals surface area contributed by atoms with E-state index >= 15 is 0 Å². The number of aliphatic imine (C=N–C) groups is 1. The maximum absolute atomic E-state index is 12.5. The van der Waals surface area contributed by atoms with E-state index in [1.807, 2.05) is 18.2 Å². The van der Waals surface area contributed by atoms with Crippen molar-refractivity contribution in [2.75, 3.05) is 7.11 Å². The van der Waals surface area contributed by atoms with E-state index in [0.717, 1.165) is 19.3 Å². The summed E-state index contributed by atoms with van der Waals surface area (Å²) in [5.74, 6) is 0.511. The fourth-order valence-corrected chi connectivity index (χ4v) is 2.68. The number of hydrogen-bond acceptors (Lipinski definition) is 5. The first-order valence-electron chi connectivity index (χ1n) is 8.58. The number of benzene rings is 1. The second-order valence-electron chi connectivity index (χ2n) is 5.97. The molecule has 0 saturated heterocycles. The van der Waals surface area contributed by atoms with Gasteiger partial charge in [0.1, 0.15) is 17.4 Å². The molecule has 2 rings (SSSR count). The molecule has 26 heavy (non-hydrogen) atoms. The Morgan fingerprint density at radius 2 is 2.15 bits per heavy atom. The fourth-order valence-electron chi connectivity index (χ4n) is 2.68. The van der Waals surface area contributed by atoms with E-state index in [4.69, 9.17) is 4.74 Å². The largest absolute Gasteiger partial charge is 0.497 e. The molecule has 1 N–H and O–H groups in total. The molecular weight excluding hydrogens is 330 g/mol. The molecule has 0 aliphatic heterocycles. The van der Waals surface area contributed by atoms with Crippen LogP contribution in [0.25, 0.3) is 0 Å². The molecule has 0 aliphatic carbocycles. The van der Waals surface area contributed by atoms with Crippen LogP contribution in [-0.4, -0.2) is 23.0 Å². The van der Waals surface area contributed by atoms with Crippen molar-refractivity contribution >= 4 is 11.9 Å². The molecule has 0 radical (unpaired) electrons. The SMILES string of the molecule is CCCCCn1c(O)c(C=Nc2cccc(OC)c2)c(C)c(C#N)c1=O. The molecule has 0 bridgehead atoms. The van der Waals surface area contributed by atoms with Crippen LogP contribution in [-0.2, 0) is 6.54 Å². The van der Waals surface area contributed by atoms with Crippen molar-refractivity contribution in [3.05, 3.63) is 51.3 Å². The second-order valence-corrected chi connectivity index (χ2v) is 5.97. The van der Waals surface area contributed by atoms with Gasteiger partial charge < -0.3 is 9.84 Å². The molecule has 0 unspecified atom stereocenters. The molecule has 0 fully saturated rings. The fraction of sp³-hybridized carbons (Fsp3) is 0.350. The van der Waals surface area contributed by atoms with Crippen LogP contribution < -0.4 is 10.3 Å². The minimum Gasteiger partial charge on any atom is -0.497 e. The minimum absolute atomic E-state index is 0.0337. The van der Waals surface area contributed by atoms with Crippen molar-refractivity contribution in [2.45, 2.75) is 39.7 Å². The van der Waals surface area contributed by atoms with Gasteiger partial charge >= 0.3 is 0 Å². The molecule has 0 aliphatic rings. The summed E-state index contributed by atoms with van der Waals surface area (Å²) < 4.78 is 6.43. The number of rotatable bonds is 7. The van der Waals surface area contributed by atoms with E-state index in [-0.39, 0.29) is 11.4 Å². The number of aromatic nitrogens is 1. The Bertz CT molecular complexity index is 908. The zero-order chi connectivity index (χ0) is 19.1. The maximum atomic E-state index is 12.5. The summed E-state index contributed by atoms with van der Waals surface area (Å²) in [6, 6.07) is 9.13. The van der Waals surface area contributed by atoms with Crippen molar-refractivity contribution in [3.8, 4) is 17.7 Å². The third-order valence-electron chi connectivity index (χ3n) is 4.23. The van der Waals surface area contributed by atoms with E-state index in [0.29, 0.717) is 29.1 Å². The Balaban J connectivity index is 2.49. The molecule has 1 aromatic carbocycles. The van der Waals surface area contributed by atoms with Crippen molar-refractivity contribution in [1.82, 2.24) is 4.57 Å². The lowest BCUT2D eigenvalue weighted by molar-refractivity contribution is 0.398. The van der Waals surface area contributed by atoms with Gasteiger partial charge in [0.05, 0.1) is 18.4 Å². The van der Waals surface area contributed by atoms with Gasteiger partial charge in [-0.3, -0.25) is 14.4 Å². The molecule has 6 nitrogen and oxygen atoms in total. The summed E-state index contributed by atoms with van der Waals surface area (Å²) >= 11 is 0. The van der Waals surface area contributed by atoms with Gasteiger partial charge in [-0.1, -0.05) is 25.8 Å². The third-order valence-corrected chi connectivity index (χ3v) is 4.23. The molecule has 1 heterocycles. The predicted octanol–water partition coefficient (Wildman–Crippen LogP) is 3.68. The number of methoxy groups -OCH3 is 1. The van der Waals surface area contributed by atoms with Crippen LogP contribution in [0.5, 0.6) is 11.6 Å². The van der Waals surface area contributed by atoms with Gasteiger partial charge in [0, 0.05) is 18.8 Å². The maximum Gasteiger partial charge on any atom is 0.271 e. The number of ether oxygens (including phenoxy) is 1. The van der Waals surface area contributed by atoms with Gasteiger partial charge in [-0.25, -0.2) is 0 Å². The number of nitrogens with zero attached hydrogens (tertiary/aromatic N) is 3. The summed E-state index contributed by atoms with van der Waals surface area (Å²) in [5, 5.41) is 19.9. The van der Waals surface area contributed by atoms with E-state index in [2.05, 4.69) is 11.9 Å². The summed E-state index contributed by atoms with van der Waals surface area (Å²) in [5.41, 5.74) is 1.02. The smallest absolute Gasteiger partial charge is 0.271 e. The van der Waals surface area contributed by atoms with Crippen LogP contribution in [0.4, 0.5) is 5.69 Å². The highest BCUT2D eigenvalue weighted by Crippen LogP contribution is 2.23. The van der Waals surface area contributed by atoms with E-state index in [1.165, 1.54) is 10.8 Å². The quantitative estimate of drug-likeness (QED) is 0.607. The summed E-state index contributed by atoms with van der Waals surface area (Å²) in [6.07, 6.45) is 4.17. The van der Waals surface area contributed by atoms with Gasteiger partial charge in [0.2, 0.25) is 5.88 Å². The van der Waals surface area contributed by atoms with Gasteiger partial charge in [-0.15, -0.1) is 0 Å². The van der Waals surface area contributed by atoms with E-state index in [1.54, 1.807) is 26.2 Å². The standard InChI is InChI=1S/C20H23N3O3/c1-4-5-6-10-23-19(24)17(12-21)14(2)18(20(23)25)13-22-15-8-7-9-16(11-15)26-3/h7-9,11,13,25H,4-6,10H2,1-3H3. The monoisotopic (exact) mass is 353 g/mol. The molecular formula is C20H23N3O3. The third kappa shape index (κ3) is 4.12. The predicted molar refractivity (Wildman–Crippen MR) is 102 cm³/mol. The first-order chi connectivity index (χ1) is 12.5. The van der Waals surface area contributed by atoms with Crippen molar-refractivity contribution in [2.24, 2.45) is 4.99 Å². The van der Waals surface area contributed by atoms with Crippen molar-refractivity contribution in [1.29, 1.82) is 5.26 Å². The first-order valence-corrected chi connectivity index (χ1v) is 8.58. The Hall–Kier alpha value is -3.07. The van der Waals surface area contributed by atoms with E-state index < -0.39 is 5.56 Å². The molecule has 1 aromatic heterocycles. The number of aromatic hydroxyl groups is 1. The van der Waals surface area contributed by atoms with Crippen LogP contribution in [0.15, 0.2) is 34.1 Å². The number of pyridine rings is 1. The van der Waals surface area contributed by atoms with E-state index in [9.17, 15) is 15.2 Å². The highest BCUT2D eigenvalue weighted by Gasteiger charge is 2.17. The Morgan fingerprint density at radius 3 is 2.81 bits per heavy atom.